The molecule has 0 aromatic heterocycles. The Kier molecular flexibility index (Phi) is 10.6. The van der Waals surface area contributed by atoms with Gasteiger partial charge in [0.15, 0.2) is 0 Å². The van der Waals surface area contributed by atoms with Crippen molar-refractivity contribution in [3.63, 3.8) is 0 Å². The molecule has 1 aliphatic carbocycles. The molecule has 1 aliphatic rings. The average Bonchev–Trinajstić information content (AvgIpc) is 2.87. The molecular weight excluding hydrogens is 497 g/mol. The summed E-state index contributed by atoms with van der Waals surface area (Å²) in [6.45, 7) is 1.20. The zero-order chi connectivity index (χ0) is 24.6. The van der Waals surface area contributed by atoms with Crippen molar-refractivity contribution in [1.82, 2.24) is 5.32 Å². The Morgan fingerprint density at radius 3 is 2.42 bits per heavy atom. The number of hydrogen-bond donors (Lipinski definition) is 3. The molecule has 0 spiro atoms. The van der Waals surface area contributed by atoms with E-state index in [-0.39, 0.29) is 24.1 Å². The second-order valence-corrected chi connectivity index (χ2v) is 9.55. The van der Waals surface area contributed by atoms with Crippen LogP contribution in [0, 0.1) is 0 Å². The Morgan fingerprint density at radius 1 is 1.00 bits per heavy atom. The Bertz CT molecular complexity index is 1130. The SMILES string of the molecule is Cl.O=C(O)c1ccc(-c2ccc(CCNC[C@H](O)c3cccc(Cl)c3)cc2)cc1OC1CCCCC1. The van der Waals surface area contributed by atoms with Gasteiger partial charge in [0.05, 0.1) is 12.2 Å². The second-order valence-electron chi connectivity index (χ2n) is 9.12. The Labute approximate surface area is 223 Å². The number of aliphatic hydroxyl groups is 1. The molecule has 36 heavy (non-hydrogen) atoms. The van der Waals surface area contributed by atoms with E-state index >= 15 is 0 Å². The van der Waals surface area contributed by atoms with Gasteiger partial charge in [-0.1, -0.05) is 60.5 Å². The lowest BCUT2D eigenvalue weighted by Gasteiger charge is -2.24. The molecule has 0 unspecified atom stereocenters. The minimum atomic E-state index is -0.967. The Hall–Kier alpha value is -2.57. The van der Waals surface area contributed by atoms with Crippen LogP contribution in [0.2, 0.25) is 5.02 Å². The number of hydrogen-bond acceptors (Lipinski definition) is 4. The molecule has 7 heteroatoms. The fourth-order valence-corrected chi connectivity index (χ4v) is 4.70. The smallest absolute Gasteiger partial charge is 0.339 e. The van der Waals surface area contributed by atoms with E-state index in [9.17, 15) is 15.0 Å². The number of nitrogens with one attached hydrogen (secondary N) is 1. The van der Waals surface area contributed by atoms with Crippen LogP contribution in [-0.4, -0.2) is 35.4 Å². The third-order valence-electron chi connectivity index (χ3n) is 6.51. The van der Waals surface area contributed by atoms with Gasteiger partial charge in [-0.2, -0.15) is 0 Å². The van der Waals surface area contributed by atoms with Crippen LogP contribution in [0.3, 0.4) is 0 Å². The summed E-state index contributed by atoms with van der Waals surface area (Å²) in [5, 5.41) is 23.8. The van der Waals surface area contributed by atoms with Crippen LogP contribution < -0.4 is 10.1 Å². The molecule has 0 radical (unpaired) electrons. The summed E-state index contributed by atoms with van der Waals surface area (Å²) in [7, 11) is 0. The monoisotopic (exact) mass is 529 g/mol. The lowest BCUT2D eigenvalue weighted by molar-refractivity contribution is 0.0686. The van der Waals surface area contributed by atoms with Crippen molar-refractivity contribution >= 4 is 30.0 Å². The normalized spacial score (nSPS) is 14.6. The molecule has 0 heterocycles. The fraction of sp³-hybridized carbons (Fsp3) is 0.345. The van der Waals surface area contributed by atoms with Crippen LogP contribution in [0.15, 0.2) is 66.7 Å². The third-order valence-corrected chi connectivity index (χ3v) is 6.74. The molecule has 1 fully saturated rings. The number of aliphatic hydroxyl groups excluding tert-OH is 1. The van der Waals surface area contributed by atoms with Gasteiger partial charge in [-0.25, -0.2) is 4.79 Å². The van der Waals surface area contributed by atoms with Crippen molar-refractivity contribution < 1.29 is 19.7 Å². The molecular formula is C29H33Cl2NO4. The van der Waals surface area contributed by atoms with Gasteiger partial charge in [0.25, 0.3) is 0 Å². The summed E-state index contributed by atoms with van der Waals surface area (Å²) in [5.74, 6) is -0.515. The van der Waals surface area contributed by atoms with Gasteiger partial charge < -0.3 is 20.3 Å². The van der Waals surface area contributed by atoms with Gasteiger partial charge >= 0.3 is 5.97 Å². The highest BCUT2D eigenvalue weighted by Gasteiger charge is 2.19. The van der Waals surface area contributed by atoms with E-state index in [1.807, 2.05) is 24.3 Å². The summed E-state index contributed by atoms with van der Waals surface area (Å²) < 4.78 is 6.14. The zero-order valence-electron chi connectivity index (χ0n) is 20.2. The fourth-order valence-electron chi connectivity index (χ4n) is 4.51. The van der Waals surface area contributed by atoms with Gasteiger partial charge in [0.1, 0.15) is 11.3 Å². The van der Waals surface area contributed by atoms with Crippen LogP contribution >= 0.6 is 24.0 Å². The number of carboxylic acids is 1. The van der Waals surface area contributed by atoms with E-state index in [1.165, 1.54) is 12.0 Å². The van der Waals surface area contributed by atoms with Crippen LogP contribution in [0.1, 0.15) is 59.7 Å². The largest absolute Gasteiger partial charge is 0.490 e. The highest BCUT2D eigenvalue weighted by molar-refractivity contribution is 6.30. The molecule has 1 saturated carbocycles. The number of carbonyl (C=O) groups is 1. The molecule has 5 nitrogen and oxygen atoms in total. The minimum Gasteiger partial charge on any atom is -0.490 e. The zero-order valence-corrected chi connectivity index (χ0v) is 21.7. The highest BCUT2D eigenvalue weighted by atomic mass is 35.5. The molecule has 192 valence electrons. The van der Waals surface area contributed by atoms with Crippen LogP contribution in [0.4, 0.5) is 0 Å². The van der Waals surface area contributed by atoms with Gasteiger partial charge in [-0.3, -0.25) is 0 Å². The van der Waals surface area contributed by atoms with E-state index in [4.69, 9.17) is 16.3 Å². The average molecular weight is 530 g/mol. The number of halogens is 2. The number of ether oxygens (including phenoxy) is 1. The predicted molar refractivity (Wildman–Crippen MR) is 147 cm³/mol. The van der Waals surface area contributed by atoms with Gasteiger partial charge in [0.2, 0.25) is 0 Å². The van der Waals surface area contributed by atoms with E-state index in [0.29, 0.717) is 17.3 Å². The first-order chi connectivity index (χ1) is 17.0. The lowest BCUT2D eigenvalue weighted by atomic mass is 9.97. The molecule has 3 N–H and O–H groups in total. The minimum absolute atomic E-state index is 0. The van der Waals surface area contributed by atoms with Crippen LogP contribution in [-0.2, 0) is 6.42 Å². The van der Waals surface area contributed by atoms with Gasteiger partial charge in [-0.05, 0) is 85.2 Å². The molecule has 4 rings (SSSR count). The van der Waals surface area contributed by atoms with Crippen molar-refractivity contribution in [3.05, 3.63) is 88.4 Å². The van der Waals surface area contributed by atoms with Gasteiger partial charge in [-0.15, -0.1) is 12.4 Å². The van der Waals surface area contributed by atoms with Crippen molar-refractivity contribution in [2.24, 2.45) is 0 Å². The van der Waals surface area contributed by atoms with E-state index in [0.717, 1.165) is 55.3 Å². The maximum atomic E-state index is 11.7. The van der Waals surface area contributed by atoms with E-state index in [1.54, 1.807) is 18.2 Å². The first kappa shape index (κ1) is 28.0. The maximum absolute atomic E-state index is 11.7. The topological polar surface area (TPSA) is 78.8 Å². The van der Waals surface area contributed by atoms with Crippen molar-refractivity contribution in [3.8, 4) is 16.9 Å². The predicted octanol–water partition coefficient (Wildman–Crippen LogP) is 6.70. The van der Waals surface area contributed by atoms with Crippen molar-refractivity contribution in [2.45, 2.75) is 50.7 Å². The van der Waals surface area contributed by atoms with E-state index in [2.05, 4.69) is 29.6 Å². The number of benzene rings is 3. The van der Waals surface area contributed by atoms with Gasteiger partial charge in [0, 0.05) is 11.6 Å². The molecule has 1 atom stereocenters. The van der Waals surface area contributed by atoms with Crippen LogP contribution in [0.25, 0.3) is 11.1 Å². The van der Waals surface area contributed by atoms with E-state index < -0.39 is 12.1 Å². The summed E-state index contributed by atoms with van der Waals surface area (Å²) in [5.41, 5.74) is 4.15. The number of aromatic carboxylic acids is 1. The van der Waals surface area contributed by atoms with Crippen molar-refractivity contribution in [1.29, 1.82) is 0 Å². The molecule has 0 bridgehead atoms. The maximum Gasteiger partial charge on any atom is 0.339 e. The highest BCUT2D eigenvalue weighted by Crippen LogP contribution is 2.31. The molecule has 0 amide bonds. The second kappa shape index (κ2) is 13.7. The molecule has 0 saturated heterocycles. The number of rotatable bonds is 10. The number of carboxylic acid groups (broad SMARTS) is 1. The standard InChI is InChI=1S/C29H32ClNO4.ClH/c30-24-6-4-5-23(17-24)27(32)19-31-16-15-20-9-11-21(12-10-20)22-13-14-26(29(33)34)28(18-22)35-25-7-2-1-3-8-25;/h4-6,9-14,17-18,25,27,31-32H,1-3,7-8,15-16,19H2,(H,33,34);1H/t27-;/m0./s1. The quantitative estimate of drug-likeness (QED) is 0.254. The summed E-state index contributed by atoms with van der Waals surface area (Å²) in [4.78, 5) is 11.7. The van der Waals surface area contributed by atoms with Crippen LogP contribution in [0.5, 0.6) is 5.75 Å². The summed E-state index contributed by atoms with van der Waals surface area (Å²) >= 11 is 6.00. The Balaban J connectivity index is 0.00000361. The molecule has 3 aromatic rings. The summed E-state index contributed by atoms with van der Waals surface area (Å²) in [6.07, 6.45) is 5.74. The first-order valence-corrected chi connectivity index (χ1v) is 12.6. The summed E-state index contributed by atoms with van der Waals surface area (Å²) in [6, 6.07) is 20.9. The Morgan fingerprint density at radius 2 is 1.72 bits per heavy atom. The molecule has 0 aliphatic heterocycles. The third kappa shape index (κ3) is 7.71. The molecule has 3 aromatic carbocycles. The van der Waals surface area contributed by atoms with Crippen molar-refractivity contribution in [2.75, 3.05) is 13.1 Å². The lowest BCUT2D eigenvalue weighted by Crippen LogP contribution is -2.23. The first-order valence-electron chi connectivity index (χ1n) is 12.3.